The maximum absolute atomic E-state index is 12.8. The zero-order chi connectivity index (χ0) is 95.0. The first kappa shape index (κ1) is 117. The van der Waals surface area contributed by atoms with Gasteiger partial charge in [0.15, 0.2) is 6.54 Å². The summed E-state index contributed by atoms with van der Waals surface area (Å²) < 4.78 is 207. The molecule has 3 aromatic carbocycles. The number of anilines is 1. The SMILES string of the molecule is CCCCN1C(=CC=CC=CC2=[N+](CCCCCC(=O)NCCOCCOCCOCCOCCOCCOCCOCCOCCOCCOCCOCCOCCOCCOCCOCCOCCOCCOCCOCCOCCOCCOCCOCCOC)c3ccc(C)cc3[N+]2(C)C)C(C)(CCCCCC(=O)O)c2c1ccc1c(S(=O)(=O)O)cc(S(=O)(=O)O)cc21. The van der Waals surface area contributed by atoms with E-state index in [2.05, 4.69) is 67.0 Å². The molecule has 0 aromatic heterocycles. The number of allylic oxidation sites excluding steroid dienone is 5. The molecule has 0 radical (unpaired) electrons. The van der Waals surface area contributed by atoms with E-state index in [1.165, 1.54) is 6.07 Å². The first-order chi connectivity index (χ1) is 64.2. The summed E-state index contributed by atoms with van der Waals surface area (Å²) in [5, 5.41) is 12.7. The predicted molar refractivity (Wildman–Crippen MR) is 497 cm³/mol. The highest BCUT2D eigenvalue weighted by molar-refractivity contribution is 7.86. The van der Waals surface area contributed by atoms with Crippen molar-refractivity contribution < 1.29 is 159 Å². The average Bonchev–Trinajstić information content (AvgIpc) is 1.54. The minimum atomic E-state index is -4.95. The third-order valence-electron chi connectivity index (χ3n) is 20.7. The van der Waals surface area contributed by atoms with E-state index in [4.69, 9.17) is 114 Å². The largest absolute Gasteiger partial charge is 0.481 e. The molecule has 0 saturated carbocycles. The van der Waals surface area contributed by atoms with Crippen molar-refractivity contribution in [2.75, 3.05) is 356 Å². The number of likely N-dealkylation sites (N-methyl/N-ethyl adjacent to an activating group) is 1. The van der Waals surface area contributed by atoms with E-state index in [-0.39, 0.29) is 23.1 Å². The fourth-order valence-electron chi connectivity index (χ4n) is 14.0. The Bertz CT molecular complexity index is 3880. The highest BCUT2D eigenvalue weighted by Gasteiger charge is 2.47. The second-order valence-corrected chi connectivity index (χ2v) is 34.0. The van der Waals surface area contributed by atoms with Gasteiger partial charge in [-0.2, -0.15) is 16.8 Å². The minimum absolute atomic E-state index is 0.00661. The van der Waals surface area contributed by atoms with E-state index >= 15 is 0 Å². The summed E-state index contributed by atoms with van der Waals surface area (Å²) in [6.45, 7) is 30.0. The number of methoxy groups -OCH3 is 1. The zero-order valence-corrected chi connectivity index (χ0v) is 80.9. The summed E-state index contributed by atoms with van der Waals surface area (Å²) in [5.41, 5.74) is 4.83. The molecule has 0 saturated heterocycles. The number of amides is 1. The number of carbonyl (C=O) groups excluding carboxylic acids is 1. The number of aliphatic carboxylic acids is 1. The van der Waals surface area contributed by atoms with Gasteiger partial charge in [0.25, 0.3) is 25.9 Å². The Morgan fingerprint density at radius 2 is 0.803 bits per heavy atom. The van der Waals surface area contributed by atoms with Crippen LogP contribution >= 0.6 is 0 Å². The molecule has 39 heteroatoms. The first-order valence-corrected chi connectivity index (χ1v) is 49.4. The Labute approximate surface area is 783 Å². The summed E-state index contributed by atoms with van der Waals surface area (Å²) in [6.07, 6.45) is 16.7. The molecule has 2 aliphatic rings. The number of rotatable bonds is 92. The Morgan fingerprint density at radius 1 is 0.432 bits per heavy atom. The molecule has 2 aliphatic heterocycles. The van der Waals surface area contributed by atoms with Crippen LogP contribution in [0.5, 0.6) is 0 Å². The molecule has 0 spiro atoms. The number of quaternary nitrogens is 1. The lowest BCUT2D eigenvalue weighted by molar-refractivity contribution is -0.438. The van der Waals surface area contributed by atoms with Gasteiger partial charge in [-0.05, 0) is 92.8 Å². The first-order valence-electron chi connectivity index (χ1n) is 46.5. The van der Waals surface area contributed by atoms with Gasteiger partial charge in [0, 0.05) is 73.8 Å². The maximum atomic E-state index is 12.8. The lowest BCUT2D eigenvalue weighted by Crippen LogP contribution is -2.45. The Hall–Kier alpha value is -5.63. The van der Waals surface area contributed by atoms with Crippen LogP contribution in [0, 0.1) is 6.92 Å². The number of hydrogen-bond donors (Lipinski definition) is 4. The van der Waals surface area contributed by atoms with E-state index in [1.54, 1.807) is 19.2 Å². The number of amidine groups is 1. The van der Waals surface area contributed by atoms with Crippen molar-refractivity contribution in [3.63, 3.8) is 0 Å². The number of unbranched alkanes of at least 4 members (excludes halogenated alkanes) is 5. The molecule has 5 rings (SSSR count). The van der Waals surface area contributed by atoms with E-state index in [9.17, 15) is 40.6 Å². The lowest BCUT2D eigenvalue weighted by atomic mass is 9.75. The second kappa shape index (κ2) is 74.5. The topological polar surface area (TPSA) is 403 Å². The number of nitrogens with zero attached hydrogens (tertiary/aromatic N) is 3. The number of carbonyl (C=O) groups is 2. The molecule has 1 amide bonds. The summed E-state index contributed by atoms with van der Waals surface area (Å²) in [4.78, 5) is 25.1. The summed E-state index contributed by atoms with van der Waals surface area (Å²) >= 11 is 0. The molecule has 132 heavy (non-hydrogen) atoms. The van der Waals surface area contributed by atoms with Crippen LogP contribution in [0.25, 0.3) is 10.8 Å². The van der Waals surface area contributed by atoms with Crippen molar-refractivity contribution in [2.45, 2.75) is 107 Å². The van der Waals surface area contributed by atoms with Crippen LogP contribution in [0.15, 0.2) is 88.3 Å². The Morgan fingerprint density at radius 3 is 1.17 bits per heavy atom. The summed E-state index contributed by atoms with van der Waals surface area (Å²) in [6, 6.07) is 11.9. The number of nitrogens with one attached hydrogen (secondary N) is 1. The zero-order valence-electron chi connectivity index (χ0n) is 79.3. The molecular formula is C93H156N4O33S2+2. The maximum Gasteiger partial charge on any atom is 0.374 e. The van der Waals surface area contributed by atoms with E-state index in [0.29, 0.717) is 366 Å². The van der Waals surface area contributed by atoms with Crippen molar-refractivity contribution in [1.29, 1.82) is 0 Å². The van der Waals surface area contributed by atoms with Crippen LogP contribution in [-0.2, 0) is 149 Å². The van der Waals surface area contributed by atoms with Crippen LogP contribution in [-0.4, -0.2) is 405 Å². The van der Waals surface area contributed by atoms with Crippen LogP contribution in [0.2, 0.25) is 0 Å². The number of carboxylic acid groups (broad SMARTS) is 1. The highest BCUT2D eigenvalue weighted by Crippen LogP contribution is 2.54. The van der Waals surface area contributed by atoms with Crippen LogP contribution in [0.4, 0.5) is 17.1 Å². The fourth-order valence-corrected chi connectivity index (χ4v) is 15.3. The van der Waals surface area contributed by atoms with E-state index in [1.807, 2.05) is 31.2 Å². The third kappa shape index (κ3) is 51.7. The normalized spacial score (nSPS) is 14.9. The van der Waals surface area contributed by atoms with Crippen LogP contribution in [0.1, 0.15) is 95.6 Å². The van der Waals surface area contributed by atoms with E-state index in [0.717, 1.165) is 78.9 Å². The number of aryl methyl sites for hydroxylation is 1. The van der Waals surface area contributed by atoms with Crippen LogP contribution < -0.4 is 14.7 Å². The van der Waals surface area contributed by atoms with Crippen LogP contribution in [0.3, 0.4) is 0 Å². The Balaban J connectivity index is 0.739. The van der Waals surface area contributed by atoms with Gasteiger partial charge in [-0.1, -0.05) is 50.5 Å². The van der Waals surface area contributed by atoms with Crippen molar-refractivity contribution >= 4 is 65.8 Å². The molecule has 37 nitrogen and oxygen atoms in total. The average molecular weight is 1920 g/mol. The van der Waals surface area contributed by atoms with Gasteiger partial charge in [0.05, 0.1) is 336 Å². The molecule has 4 N–H and O–H groups in total. The molecule has 0 fully saturated rings. The summed E-state index contributed by atoms with van der Waals surface area (Å²) in [7, 11) is -3.91. The van der Waals surface area contributed by atoms with Crippen molar-refractivity contribution in [1.82, 2.24) is 9.80 Å². The van der Waals surface area contributed by atoms with Crippen molar-refractivity contribution in [2.24, 2.45) is 0 Å². The molecule has 1 unspecified atom stereocenters. The monoisotopic (exact) mass is 1920 g/mol. The highest BCUT2D eigenvalue weighted by atomic mass is 32.2. The number of benzene rings is 3. The number of carboxylic acids is 1. The van der Waals surface area contributed by atoms with Gasteiger partial charge >= 0.3 is 11.8 Å². The van der Waals surface area contributed by atoms with Crippen molar-refractivity contribution in [3.05, 3.63) is 89.7 Å². The van der Waals surface area contributed by atoms with Gasteiger partial charge < -0.3 is 129 Å². The number of hydrogen-bond acceptors (Lipinski definition) is 31. The predicted octanol–water partition coefficient (Wildman–Crippen LogP) is 8.58. The van der Waals surface area contributed by atoms with Crippen molar-refractivity contribution in [3.8, 4) is 0 Å². The second-order valence-electron chi connectivity index (χ2n) is 31.2. The molecular weight excluding hydrogens is 1770 g/mol. The molecule has 3 aromatic rings. The standard InChI is InChI=1S/C93H154N4O33S2/c1-7-8-28-95-85-25-23-82-83(78-81(131(101,102)103)79-87(82)132(104,105)106)92(85)93(3,26-16-10-15-21-91(99)100)88(95)18-12-9-14-20-90-96(84-24-22-80(2)77-86(84)97(90,4)5)29-17-11-13-19-89(98)94-27-30-108-33-34-110-37-38-112-41-42-114-45-46-116-49-50-118-53-54-120-57-58-122-61-62-124-65-66-126-69-70-128-73-74-130-76-75-129-72-71-127-68-67-125-64-63-123-60-59-121-56-55-119-52-51-117-48-47-115-44-43-113-40-39-111-36-35-109-32-31-107-6/h9,12,14,18,20,22-25,77-79H,7-8,10-11,13,15-17,19,21,26-76H2,1-6H3,(H2-2,94,98,99,100,101,102,103,104,105,106)/p+2. The van der Waals surface area contributed by atoms with Gasteiger partial charge in [0.2, 0.25) is 11.6 Å². The molecule has 2 heterocycles. The summed E-state index contributed by atoms with van der Waals surface area (Å²) in [5.74, 6) is 0.140. The number of ether oxygens (including phenoxy) is 24. The molecule has 756 valence electrons. The fraction of sp³-hybridized carbons (Fsp3) is 0.731. The molecule has 1 atom stereocenters. The lowest BCUT2D eigenvalue weighted by Gasteiger charge is -2.31. The molecule has 0 aliphatic carbocycles. The Kier molecular flexibility index (Phi) is 65.9. The van der Waals surface area contributed by atoms with Gasteiger partial charge in [-0.3, -0.25) is 18.7 Å². The quantitative estimate of drug-likeness (QED) is 0.0135. The molecule has 0 bridgehead atoms. The van der Waals surface area contributed by atoms with Gasteiger partial charge in [-0.25, -0.2) is 4.48 Å². The van der Waals surface area contributed by atoms with E-state index < -0.39 is 41.4 Å². The third-order valence-corrected chi connectivity index (χ3v) is 22.4. The van der Waals surface area contributed by atoms with Gasteiger partial charge in [-0.15, -0.1) is 4.58 Å². The van der Waals surface area contributed by atoms with Gasteiger partial charge in [0.1, 0.15) is 4.90 Å². The number of fused-ring (bicyclic) bond motifs is 4. The minimum Gasteiger partial charge on any atom is -0.481 e. The smallest absolute Gasteiger partial charge is 0.374 e.